The minimum absolute atomic E-state index is 0.0483. The summed E-state index contributed by atoms with van der Waals surface area (Å²) in [5, 5.41) is 8.75. The van der Waals surface area contributed by atoms with E-state index in [2.05, 4.69) is 0 Å². The van der Waals surface area contributed by atoms with Crippen molar-refractivity contribution in [2.45, 2.75) is 20.3 Å². The molecule has 1 aliphatic rings. The molecule has 5 nitrogen and oxygen atoms in total. The second-order valence-electron chi connectivity index (χ2n) is 5.20. The van der Waals surface area contributed by atoms with Gasteiger partial charge in [-0.15, -0.1) is 0 Å². The van der Waals surface area contributed by atoms with Gasteiger partial charge in [0.1, 0.15) is 5.75 Å². The summed E-state index contributed by atoms with van der Waals surface area (Å²) in [6.45, 7) is 4.90. The molecule has 1 saturated heterocycles. The summed E-state index contributed by atoms with van der Waals surface area (Å²) < 4.78 is 5.62. The summed E-state index contributed by atoms with van der Waals surface area (Å²) in [4.78, 5) is 24.0. The van der Waals surface area contributed by atoms with Crippen LogP contribution in [-0.2, 0) is 9.59 Å². The first-order chi connectivity index (χ1) is 9.47. The molecule has 0 aromatic heterocycles. The molecule has 2 rings (SSSR count). The average Bonchev–Trinajstić information content (AvgIpc) is 2.31. The van der Waals surface area contributed by atoms with E-state index >= 15 is 0 Å². The molecule has 0 bridgehead atoms. The van der Waals surface area contributed by atoms with E-state index < -0.39 is 11.9 Å². The Morgan fingerprint density at radius 3 is 2.70 bits per heavy atom. The van der Waals surface area contributed by atoms with Gasteiger partial charge in [0, 0.05) is 13.1 Å². The Morgan fingerprint density at radius 1 is 1.35 bits per heavy atom. The lowest BCUT2D eigenvalue weighted by molar-refractivity contribution is -0.152. The molecule has 1 fully saturated rings. The lowest BCUT2D eigenvalue weighted by Gasteiger charge is -2.36. The monoisotopic (exact) mass is 277 g/mol. The van der Waals surface area contributed by atoms with Crippen molar-refractivity contribution in [2.75, 3.05) is 19.7 Å². The zero-order valence-electron chi connectivity index (χ0n) is 11.8. The van der Waals surface area contributed by atoms with E-state index in [0.29, 0.717) is 19.7 Å². The Balaban J connectivity index is 1.75. The molecule has 1 aromatic rings. The van der Waals surface area contributed by atoms with Gasteiger partial charge in [-0.1, -0.05) is 12.1 Å². The number of hydrogen-bond donors (Lipinski definition) is 1. The first-order valence-electron chi connectivity index (χ1n) is 6.68. The molecule has 1 aromatic carbocycles. The number of benzene rings is 1. The summed E-state index contributed by atoms with van der Waals surface area (Å²) in [5.41, 5.74) is 2.15. The number of rotatable bonds is 5. The Kier molecular flexibility index (Phi) is 4.27. The fourth-order valence-electron chi connectivity index (χ4n) is 2.11. The smallest absolute Gasteiger partial charge is 0.310 e. The maximum absolute atomic E-state index is 11.8. The van der Waals surface area contributed by atoms with E-state index in [1.165, 1.54) is 0 Å². The molecule has 1 N–H and O–H groups in total. The second kappa shape index (κ2) is 5.94. The average molecular weight is 277 g/mol. The maximum Gasteiger partial charge on any atom is 0.310 e. The van der Waals surface area contributed by atoms with Crippen LogP contribution in [0.25, 0.3) is 0 Å². The van der Waals surface area contributed by atoms with E-state index in [4.69, 9.17) is 9.84 Å². The highest BCUT2D eigenvalue weighted by molar-refractivity contribution is 5.81. The van der Waals surface area contributed by atoms with E-state index in [-0.39, 0.29) is 12.3 Å². The second-order valence-corrected chi connectivity index (χ2v) is 5.20. The van der Waals surface area contributed by atoms with Gasteiger partial charge in [0.05, 0.1) is 18.9 Å². The highest BCUT2D eigenvalue weighted by Gasteiger charge is 2.35. The van der Waals surface area contributed by atoms with Gasteiger partial charge < -0.3 is 14.7 Å². The van der Waals surface area contributed by atoms with Crippen LogP contribution in [0.3, 0.4) is 0 Å². The third-order valence-electron chi connectivity index (χ3n) is 3.50. The molecule has 108 valence electrons. The summed E-state index contributed by atoms with van der Waals surface area (Å²) in [7, 11) is 0. The van der Waals surface area contributed by atoms with Crippen LogP contribution in [0.5, 0.6) is 5.75 Å². The summed E-state index contributed by atoms with van der Waals surface area (Å²) in [5.74, 6) is -0.489. The van der Waals surface area contributed by atoms with Crippen molar-refractivity contribution >= 4 is 11.9 Å². The summed E-state index contributed by atoms with van der Waals surface area (Å²) in [6.07, 6.45) is 0.278. The quantitative estimate of drug-likeness (QED) is 0.888. The minimum atomic E-state index is -0.833. The van der Waals surface area contributed by atoms with Gasteiger partial charge in [0.2, 0.25) is 5.91 Å². The van der Waals surface area contributed by atoms with Gasteiger partial charge in [-0.25, -0.2) is 0 Å². The molecule has 0 spiro atoms. The number of carboxylic acid groups (broad SMARTS) is 1. The number of carbonyl (C=O) groups excluding carboxylic acids is 1. The third-order valence-corrected chi connectivity index (χ3v) is 3.50. The topological polar surface area (TPSA) is 66.8 Å². The van der Waals surface area contributed by atoms with E-state index in [0.717, 1.165) is 16.9 Å². The number of hydrogen-bond acceptors (Lipinski definition) is 3. The number of carbonyl (C=O) groups is 2. The molecular weight excluding hydrogens is 258 g/mol. The van der Waals surface area contributed by atoms with E-state index in [1.54, 1.807) is 4.90 Å². The van der Waals surface area contributed by atoms with Crippen LogP contribution in [0.2, 0.25) is 0 Å². The van der Waals surface area contributed by atoms with Crippen molar-refractivity contribution < 1.29 is 19.4 Å². The predicted molar refractivity (Wildman–Crippen MR) is 73.7 cm³/mol. The van der Waals surface area contributed by atoms with Crippen LogP contribution < -0.4 is 4.74 Å². The molecule has 0 saturated carbocycles. The number of nitrogens with zero attached hydrogens (tertiary/aromatic N) is 1. The van der Waals surface area contributed by atoms with Crippen molar-refractivity contribution in [3.8, 4) is 5.75 Å². The predicted octanol–water partition coefficient (Wildman–Crippen LogP) is 1.62. The van der Waals surface area contributed by atoms with Gasteiger partial charge in [0.15, 0.2) is 0 Å². The molecule has 0 aliphatic carbocycles. The first-order valence-corrected chi connectivity index (χ1v) is 6.68. The molecule has 1 aliphatic heterocycles. The summed E-state index contributed by atoms with van der Waals surface area (Å²) in [6, 6.07) is 5.95. The van der Waals surface area contributed by atoms with E-state index in [1.807, 2.05) is 32.0 Å². The third kappa shape index (κ3) is 3.29. The van der Waals surface area contributed by atoms with E-state index in [9.17, 15) is 9.59 Å². The number of aliphatic carboxylic acids is 1. The zero-order valence-corrected chi connectivity index (χ0v) is 11.8. The molecular formula is C15H19NO4. The number of amides is 1. The Labute approximate surface area is 118 Å². The standard InChI is InChI=1S/C15H19NO4/c1-10-3-4-11(2)13(7-10)20-6-5-14(17)16-8-12(9-16)15(18)19/h3-4,7,12H,5-6,8-9H2,1-2H3,(H,18,19). The van der Waals surface area contributed by atoms with Crippen LogP contribution in [0.1, 0.15) is 17.5 Å². The lowest BCUT2D eigenvalue weighted by atomic mass is 10.0. The fraction of sp³-hybridized carbons (Fsp3) is 0.467. The fourth-order valence-corrected chi connectivity index (χ4v) is 2.11. The molecule has 1 heterocycles. The van der Waals surface area contributed by atoms with Crippen molar-refractivity contribution in [1.82, 2.24) is 4.90 Å². The van der Waals surface area contributed by atoms with Gasteiger partial charge in [-0.2, -0.15) is 0 Å². The van der Waals surface area contributed by atoms with Crippen LogP contribution in [0, 0.1) is 19.8 Å². The van der Waals surface area contributed by atoms with Gasteiger partial charge >= 0.3 is 5.97 Å². The van der Waals surface area contributed by atoms with Gasteiger partial charge in [-0.3, -0.25) is 9.59 Å². The highest BCUT2D eigenvalue weighted by atomic mass is 16.5. The maximum atomic E-state index is 11.8. The van der Waals surface area contributed by atoms with Gasteiger partial charge in [0.25, 0.3) is 0 Å². The molecule has 0 radical (unpaired) electrons. The van der Waals surface area contributed by atoms with Crippen molar-refractivity contribution in [3.63, 3.8) is 0 Å². The molecule has 5 heteroatoms. The molecule has 0 unspecified atom stereocenters. The van der Waals surface area contributed by atoms with Crippen molar-refractivity contribution in [1.29, 1.82) is 0 Å². The first kappa shape index (κ1) is 14.4. The zero-order chi connectivity index (χ0) is 14.7. The van der Waals surface area contributed by atoms with Crippen molar-refractivity contribution in [3.05, 3.63) is 29.3 Å². The Bertz CT molecular complexity index is 521. The number of aryl methyl sites for hydroxylation is 2. The molecule has 1 amide bonds. The number of ether oxygens (including phenoxy) is 1. The molecule has 0 atom stereocenters. The largest absolute Gasteiger partial charge is 0.493 e. The van der Waals surface area contributed by atoms with Crippen LogP contribution in [0.15, 0.2) is 18.2 Å². The van der Waals surface area contributed by atoms with Crippen LogP contribution >= 0.6 is 0 Å². The van der Waals surface area contributed by atoms with Gasteiger partial charge in [-0.05, 0) is 31.0 Å². The van der Waals surface area contributed by atoms with Crippen molar-refractivity contribution in [2.24, 2.45) is 5.92 Å². The normalized spacial score (nSPS) is 14.8. The molecule has 20 heavy (non-hydrogen) atoms. The number of carboxylic acids is 1. The SMILES string of the molecule is Cc1ccc(C)c(OCCC(=O)N2CC(C(=O)O)C2)c1. The highest BCUT2D eigenvalue weighted by Crippen LogP contribution is 2.20. The Hall–Kier alpha value is -2.04. The minimum Gasteiger partial charge on any atom is -0.493 e. The Morgan fingerprint density at radius 2 is 2.05 bits per heavy atom. The van der Waals surface area contributed by atoms with Crippen LogP contribution in [0.4, 0.5) is 0 Å². The number of likely N-dealkylation sites (tertiary alicyclic amines) is 1. The van der Waals surface area contributed by atoms with Crippen LogP contribution in [-0.4, -0.2) is 41.6 Å². The summed E-state index contributed by atoms with van der Waals surface area (Å²) >= 11 is 0. The lowest BCUT2D eigenvalue weighted by Crippen LogP contribution is -2.53.